The molecule has 1 aromatic carbocycles. The predicted octanol–water partition coefficient (Wildman–Crippen LogP) is 3.74. The molecule has 110 valence electrons. The molecule has 0 radical (unpaired) electrons. The van der Waals surface area contributed by atoms with Crippen LogP contribution in [-0.4, -0.2) is 22.8 Å². The largest absolute Gasteiger partial charge is 0.289 e. The molecule has 1 heterocycles. The number of carbonyl (C=O) groups excluding carboxylic acids is 2. The molecule has 1 aromatic heterocycles. The van der Waals surface area contributed by atoms with E-state index < -0.39 is 0 Å². The van der Waals surface area contributed by atoms with Gasteiger partial charge in [0.2, 0.25) is 0 Å². The first-order valence-corrected chi connectivity index (χ1v) is 8.21. The summed E-state index contributed by atoms with van der Waals surface area (Å²) in [7, 11) is 0. The number of nitrogens with zero attached hydrogens (tertiary/aromatic N) is 1. The number of rotatable bonds is 3. The highest BCUT2D eigenvalue weighted by atomic mass is 32.2. The third-order valence-corrected chi connectivity index (χ3v) is 4.53. The molecule has 0 amide bonds. The molecular weight excluding hydrogens is 294 g/mol. The number of hydrogen-bond acceptors (Lipinski definition) is 4. The lowest BCUT2D eigenvalue weighted by Gasteiger charge is -2.19. The Hall–Kier alpha value is -2.20. The molecule has 0 saturated carbocycles. The maximum absolute atomic E-state index is 12.7. The van der Waals surface area contributed by atoms with Crippen molar-refractivity contribution in [3.8, 4) is 0 Å². The van der Waals surface area contributed by atoms with E-state index in [1.165, 1.54) is 0 Å². The fourth-order valence-corrected chi connectivity index (χ4v) is 2.97. The van der Waals surface area contributed by atoms with Crippen LogP contribution in [0.25, 0.3) is 0 Å². The predicted molar refractivity (Wildman–Crippen MR) is 87.5 cm³/mol. The van der Waals surface area contributed by atoms with Crippen LogP contribution in [-0.2, 0) is 6.42 Å². The summed E-state index contributed by atoms with van der Waals surface area (Å²) in [5.41, 5.74) is 3.05. The maximum atomic E-state index is 12.7. The van der Waals surface area contributed by atoms with Crippen LogP contribution in [0.2, 0.25) is 0 Å². The number of benzene rings is 1. The second-order valence-corrected chi connectivity index (χ2v) is 6.02. The van der Waals surface area contributed by atoms with Crippen LogP contribution < -0.4 is 0 Å². The normalized spacial score (nSPS) is 14.3. The zero-order valence-electron chi connectivity index (χ0n) is 12.4. The quantitative estimate of drug-likeness (QED) is 0.810. The van der Waals surface area contributed by atoms with Gasteiger partial charge in [-0.2, -0.15) is 0 Å². The Labute approximate surface area is 133 Å². The molecule has 3 nitrogen and oxygen atoms in total. The van der Waals surface area contributed by atoms with Gasteiger partial charge < -0.3 is 0 Å². The second-order valence-electron chi connectivity index (χ2n) is 5.19. The van der Waals surface area contributed by atoms with Gasteiger partial charge in [-0.25, -0.2) is 4.98 Å². The Morgan fingerprint density at radius 1 is 1.00 bits per heavy atom. The molecule has 0 atom stereocenters. The molecule has 0 N–H and O–H groups in total. The van der Waals surface area contributed by atoms with E-state index in [0.717, 1.165) is 10.6 Å². The summed E-state index contributed by atoms with van der Waals surface area (Å²) in [4.78, 5) is 29.4. The summed E-state index contributed by atoms with van der Waals surface area (Å²) >= 11 is 1.57. The van der Waals surface area contributed by atoms with Crippen LogP contribution in [0.1, 0.15) is 33.2 Å². The van der Waals surface area contributed by atoms with Crippen molar-refractivity contribution in [1.82, 2.24) is 4.98 Å². The highest BCUT2D eigenvalue weighted by Crippen LogP contribution is 2.28. The summed E-state index contributed by atoms with van der Waals surface area (Å²) < 4.78 is 0. The summed E-state index contributed by atoms with van der Waals surface area (Å²) in [6, 6.07) is 10.9. The summed E-state index contributed by atoms with van der Waals surface area (Å²) in [5.74, 6) is -0.111. The lowest BCUT2D eigenvalue weighted by molar-refractivity contribution is 0.0973. The van der Waals surface area contributed by atoms with Gasteiger partial charge in [0.25, 0.3) is 0 Å². The van der Waals surface area contributed by atoms with E-state index in [1.807, 2.05) is 18.4 Å². The smallest absolute Gasteiger partial charge is 0.190 e. The fraction of sp³-hybridized carbons (Fsp3) is 0.167. The third kappa shape index (κ3) is 2.50. The molecule has 2 aromatic rings. The van der Waals surface area contributed by atoms with E-state index in [0.29, 0.717) is 28.7 Å². The number of Topliss-reactive ketones (excluding diaryl/α,β-unsaturated/α-hetero) is 2. The van der Waals surface area contributed by atoms with Crippen molar-refractivity contribution in [3.05, 3.63) is 70.4 Å². The van der Waals surface area contributed by atoms with Gasteiger partial charge in [-0.1, -0.05) is 30.3 Å². The summed E-state index contributed by atoms with van der Waals surface area (Å²) in [6.07, 6.45) is 4.17. The van der Waals surface area contributed by atoms with Gasteiger partial charge in [-0.3, -0.25) is 9.59 Å². The molecule has 1 aliphatic rings. The minimum Gasteiger partial charge on any atom is -0.289 e. The van der Waals surface area contributed by atoms with Crippen LogP contribution in [0.4, 0.5) is 0 Å². The van der Waals surface area contributed by atoms with Crippen molar-refractivity contribution in [3.63, 3.8) is 0 Å². The number of allylic oxidation sites excluding steroid dienone is 2. The van der Waals surface area contributed by atoms with Crippen molar-refractivity contribution in [1.29, 1.82) is 0 Å². The first-order chi connectivity index (χ1) is 10.6. The molecule has 0 unspecified atom stereocenters. The van der Waals surface area contributed by atoms with Crippen molar-refractivity contribution in [2.75, 3.05) is 6.26 Å². The number of thioether (sulfide) groups is 1. The van der Waals surface area contributed by atoms with E-state index in [2.05, 4.69) is 4.98 Å². The Bertz CT molecular complexity index is 791. The van der Waals surface area contributed by atoms with Gasteiger partial charge in [0.1, 0.15) is 0 Å². The van der Waals surface area contributed by atoms with E-state index in [1.54, 1.807) is 49.1 Å². The fourth-order valence-electron chi connectivity index (χ4n) is 2.60. The van der Waals surface area contributed by atoms with Crippen LogP contribution in [0.5, 0.6) is 0 Å². The Kier molecular flexibility index (Phi) is 3.94. The van der Waals surface area contributed by atoms with E-state index in [9.17, 15) is 9.59 Å². The third-order valence-electron chi connectivity index (χ3n) is 3.87. The molecular formula is C18H15NO2S. The molecule has 1 aliphatic carbocycles. The Morgan fingerprint density at radius 3 is 2.27 bits per heavy atom. The molecule has 4 heteroatoms. The number of aromatic nitrogens is 1. The van der Waals surface area contributed by atoms with Crippen molar-refractivity contribution >= 4 is 23.3 Å². The molecule has 3 rings (SSSR count). The number of fused-ring (bicyclic) bond motifs is 1. The first kappa shape index (κ1) is 14.7. The van der Waals surface area contributed by atoms with Gasteiger partial charge in [-0.05, 0) is 24.8 Å². The van der Waals surface area contributed by atoms with Gasteiger partial charge in [0.05, 0.1) is 5.03 Å². The van der Waals surface area contributed by atoms with Gasteiger partial charge >= 0.3 is 0 Å². The highest BCUT2D eigenvalue weighted by Gasteiger charge is 2.29. The molecule has 0 aliphatic heterocycles. The number of pyridine rings is 1. The van der Waals surface area contributed by atoms with Crippen LogP contribution in [0.3, 0.4) is 0 Å². The van der Waals surface area contributed by atoms with Crippen molar-refractivity contribution in [2.24, 2.45) is 0 Å². The molecule has 22 heavy (non-hydrogen) atoms. The Balaban J connectivity index is 1.97. The van der Waals surface area contributed by atoms with Gasteiger partial charge in [-0.15, -0.1) is 11.8 Å². The van der Waals surface area contributed by atoms with Crippen LogP contribution >= 0.6 is 11.8 Å². The molecule has 0 fully saturated rings. The number of ketones is 2. The van der Waals surface area contributed by atoms with Gasteiger partial charge in [0, 0.05) is 34.9 Å². The van der Waals surface area contributed by atoms with Crippen molar-refractivity contribution in [2.45, 2.75) is 18.4 Å². The zero-order chi connectivity index (χ0) is 15.7. The number of carbonyl (C=O) groups is 2. The van der Waals surface area contributed by atoms with Crippen LogP contribution in [0, 0.1) is 0 Å². The van der Waals surface area contributed by atoms with E-state index in [4.69, 9.17) is 0 Å². The van der Waals surface area contributed by atoms with Crippen molar-refractivity contribution < 1.29 is 9.59 Å². The zero-order valence-corrected chi connectivity index (χ0v) is 13.2. The number of hydrogen-bond donors (Lipinski definition) is 0. The van der Waals surface area contributed by atoms with Crippen LogP contribution in [0.15, 0.2) is 58.8 Å². The lowest BCUT2D eigenvalue weighted by Crippen LogP contribution is -2.22. The summed E-state index contributed by atoms with van der Waals surface area (Å²) in [5, 5.41) is 0.936. The SMILES string of the molecule is CSc1ccc(CC2=C(C)C(=O)c3ccccc3C2=O)cn1. The molecule has 0 saturated heterocycles. The molecule has 0 spiro atoms. The minimum absolute atomic E-state index is 0.0540. The second kappa shape index (κ2) is 5.89. The topological polar surface area (TPSA) is 47.0 Å². The average Bonchev–Trinajstić information content (AvgIpc) is 2.57. The van der Waals surface area contributed by atoms with E-state index in [-0.39, 0.29) is 11.6 Å². The average molecular weight is 309 g/mol. The standard InChI is InChI=1S/C18H15NO2S/c1-11-15(9-12-7-8-16(22-2)19-10-12)18(21)14-6-4-3-5-13(14)17(11)20/h3-8,10H,9H2,1-2H3. The Morgan fingerprint density at radius 2 is 1.68 bits per heavy atom. The van der Waals surface area contributed by atoms with E-state index >= 15 is 0 Å². The molecule has 0 bridgehead atoms. The maximum Gasteiger partial charge on any atom is 0.190 e. The summed E-state index contributed by atoms with van der Waals surface area (Å²) in [6.45, 7) is 1.73. The highest BCUT2D eigenvalue weighted by molar-refractivity contribution is 7.98. The minimum atomic E-state index is -0.0566. The monoisotopic (exact) mass is 309 g/mol. The lowest BCUT2D eigenvalue weighted by atomic mass is 9.82. The first-order valence-electron chi connectivity index (χ1n) is 6.99. The van der Waals surface area contributed by atoms with Gasteiger partial charge in [0.15, 0.2) is 11.6 Å².